The van der Waals surface area contributed by atoms with E-state index in [-0.39, 0.29) is 18.1 Å². The molecule has 0 bridgehead atoms. The molecule has 0 aromatic carbocycles. The number of amides is 1. The fourth-order valence-electron chi connectivity index (χ4n) is 5.90. The van der Waals surface area contributed by atoms with Crippen LogP contribution in [-0.2, 0) is 4.79 Å². The highest BCUT2D eigenvalue weighted by molar-refractivity contribution is 5.87. The first kappa shape index (κ1) is 20.3. The van der Waals surface area contributed by atoms with Crippen molar-refractivity contribution in [2.24, 2.45) is 11.8 Å². The molecule has 7 unspecified atom stereocenters. The lowest BCUT2D eigenvalue weighted by Gasteiger charge is -2.51. The molecule has 4 fully saturated rings. The zero-order valence-corrected chi connectivity index (χ0v) is 17.1. The largest absolute Gasteiger partial charge is 0.338 e. The van der Waals surface area contributed by atoms with Gasteiger partial charge in [0.25, 0.3) is 0 Å². The van der Waals surface area contributed by atoms with E-state index in [1.165, 1.54) is 6.08 Å². The summed E-state index contributed by atoms with van der Waals surface area (Å²) in [6.45, 7) is 6.25. The second kappa shape index (κ2) is 8.78. The third-order valence-corrected chi connectivity index (χ3v) is 7.31. The van der Waals surface area contributed by atoms with Crippen molar-refractivity contribution >= 4 is 5.91 Å². The van der Waals surface area contributed by atoms with Gasteiger partial charge in [-0.2, -0.15) is 0 Å². The van der Waals surface area contributed by atoms with Gasteiger partial charge in [-0.1, -0.05) is 19.4 Å². The minimum atomic E-state index is -0.633. The van der Waals surface area contributed by atoms with E-state index >= 15 is 0 Å². The topological polar surface area (TPSA) is 59.6 Å². The van der Waals surface area contributed by atoms with Crippen LogP contribution < -0.4 is 16.1 Å². The summed E-state index contributed by atoms with van der Waals surface area (Å²) in [5, 5.41) is 9.86. The molecule has 3 heterocycles. The van der Waals surface area contributed by atoms with Crippen molar-refractivity contribution in [2.45, 2.75) is 75.4 Å². The second-order valence-corrected chi connectivity index (χ2v) is 9.27. The monoisotopic (exact) mass is 393 g/mol. The van der Waals surface area contributed by atoms with Gasteiger partial charge in [-0.3, -0.25) is 20.9 Å². The van der Waals surface area contributed by atoms with Crippen LogP contribution in [-0.4, -0.2) is 73.0 Å². The Balaban J connectivity index is 1.46. The van der Waals surface area contributed by atoms with Gasteiger partial charge in [-0.15, -0.1) is 0 Å². The summed E-state index contributed by atoms with van der Waals surface area (Å²) in [6, 6.07) is 1.09. The number of rotatable bonds is 4. The van der Waals surface area contributed by atoms with Gasteiger partial charge >= 0.3 is 0 Å². The Kier molecular flexibility index (Phi) is 6.35. The van der Waals surface area contributed by atoms with Gasteiger partial charge < -0.3 is 4.90 Å². The maximum absolute atomic E-state index is 13.9. The van der Waals surface area contributed by atoms with Crippen LogP contribution in [0, 0.1) is 11.8 Å². The molecular weight excluding hydrogens is 357 g/mol. The van der Waals surface area contributed by atoms with Crippen molar-refractivity contribution in [2.75, 3.05) is 26.7 Å². The molecule has 158 valence electrons. The van der Waals surface area contributed by atoms with Gasteiger partial charge in [0.2, 0.25) is 5.91 Å². The zero-order valence-electron chi connectivity index (χ0n) is 17.1. The number of fused-ring (bicyclic) bond motifs is 1. The van der Waals surface area contributed by atoms with Crippen molar-refractivity contribution < 1.29 is 9.18 Å². The summed E-state index contributed by atoms with van der Waals surface area (Å²) in [6.07, 6.45) is 7.64. The Hall–Kier alpha value is -1.02. The number of hydrogen-bond donors (Lipinski definition) is 3. The Morgan fingerprint density at radius 1 is 1.18 bits per heavy atom. The molecular formula is C21H36FN5O. The lowest BCUT2D eigenvalue weighted by atomic mass is 9.77. The molecule has 6 nitrogen and oxygen atoms in total. The van der Waals surface area contributed by atoms with Crippen LogP contribution in [0.3, 0.4) is 0 Å². The molecule has 0 spiro atoms. The van der Waals surface area contributed by atoms with E-state index in [9.17, 15) is 9.18 Å². The highest BCUT2D eigenvalue weighted by atomic mass is 19.1. The highest BCUT2D eigenvalue weighted by Gasteiger charge is 2.45. The van der Waals surface area contributed by atoms with Crippen molar-refractivity contribution in [3.63, 3.8) is 0 Å². The van der Waals surface area contributed by atoms with Crippen LogP contribution in [0.1, 0.15) is 44.9 Å². The van der Waals surface area contributed by atoms with E-state index in [0.29, 0.717) is 30.3 Å². The van der Waals surface area contributed by atoms with E-state index < -0.39 is 6.17 Å². The summed E-state index contributed by atoms with van der Waals surface area (Å²) in [4.78, 5) is 14.1. The maximum atomic E-state index is 13.9. The van der Waals surface area contributed by atoms with Crippen LogP contribution in [0.4, 0.5) is 4.39 Å². The fraction of sp³-hybridized carbons (Fsp3) is 0.857. The molecule has 3 aliphatic heterocycles. The molecule has 7 atom stereocenters. The average Bonchev–Trinajstić information content (AvgIpc) is 3.12. The Bertz CT molecular complexity index is 575. The van der Waals surface area contributed by atoms with Gasteiger partial charge in [-0.05, 0) is 50.0 Å². The quantitative estimate of drug-likeness (QED) is 0.631. The third kappa shape index (κ3) is 4.42. The molecule has 3 N–H and O–H groups in total. The molecule has 4 aliphatic rings. The SMILES string of the molecule is C=CC(=O)N1CCC2C(C1)NC(CC1CCCC(F)C1)NC2C1CCN(C)N1. The van der Waals surface area contributed by atoms with E-state index in [1.807, 2.05) is 4.90 Å². The molecule has 1 amide bonds. The Morgan fingerprint density at radius 3 is 2.75 bits per heavy atom. The van der Waals surface area contributed by atoms with Crippen LogP contribution in [0.5, 0.6) is 0 Å². The van der Waals surface area contributed by atoms with Gasteiger partial charge in [0, 0.05) is 44.8 Å². The second-order valence-electron chi connectivity index (χ2n) is 9.27. The van der Waals surface area contributed by atoms with E-state index in [4.69, 9.17) is 0 Å². The van der Waals surface area contributed by atoms with Gasteiger partial charge in [0.1, 0.15) is 6.17 Å². The number of nitrogens with one attached hydrogen (secondary N) is 3. The number of carbonyl (C=O) groups excluding carboxylic acids is 1. The van der Waals surface area contributed by atoms with Crippen molar-refractivity contribution in [3.8, 4) is 0 Å². The number of piperidine rings is 1. The molecule has 28 heavy (non-hydrogen) atoms. The molecule has 0 aromatic rings. The number of hydrogen-bond acceptors (Lipinski definition) is 5. The van der Waals surface area contributed by atoms with Crippen LogP contribution in [0.15, 0.2) is 12.7 Å². The molecule has 7 heteroatoms. The molecule has 1 saturated carbocycles. The van der Waals surface area contributed by atoms with Crippen molar-refractivity contribution in [3.05, 3.63) is 12.7 Å². The van der Waals surface area contributed by atoms with Gasteiger partial charge in [0.05, 0.1) is 6.17 Å². The van der Waals surface area contributed by atoms with E-state index in [1.54, 1.807) is 0 Å². The molecule has 0 aromatic heterocycles. The molecule has 0 radical (unpaired) electrons. The first-order valence-corrected chi connectivity index (χ1v) is 11.1. The minimum absolute atomic E-state index is 0.0261. The zero-order chi connectivity index (χ0) is 19.7. The maximum Gasteiger partial charge on any atom is 0.246 e. The first-order valence-electron chi connectivity index (χ1n) is 11.1. The Labute approximate surface area is 168 Å². The van der Waals surface area contributed by atoms with Crippen molar-refractivity contribution in [1.29, 1.82) is 0 Å². The van der Waals surface area contributed by atoms with Crippen molar-refractivity contribution in [1.82, 2.24) is 26.0 Å². The van der Waals surface area contributed by atoms with Gasteiger partial charge in [0.15, 0.2) is 0 Å². The van der Waals surface area contributed by atoms with Crippen LogP contribution in [0.2, 0.25) is 0 Å². The number of nitrogens with zero attached hydrogens (tertiary/aromatic N) is 2. The molecule has 4 rings (SSSR count). The lowest BCUT2D eigenvalue weighted by molar-refractivity contribution is -0.128. The van der Waals surface area contributed by atoms with Gasteiger partial charge in [-0.25, -0.2) is 9.40 Å². The highest BCUT2D eigenvalue weighted by Crippen LogP contribution is 2.33. The Morgan fingerprint density at radius 2 is 2.04 bits per heavy atom. The normalized spacial score (nSPS) is 42.2. The summed E-state index contributed by atoms with van der Waals surface area (Å²) in [5.41, 5.74) is 3.62. The number of likely N-dealkylation sites (tertiary alicyclic amines) is 1. The predicted molar refractivity (Wildman–Crippen MR) is 108 cm³/mol. The first-order chi connectivity index (χ1) is 13.5. The lowest BCUT2D eigenvalue weighted by Crippen LogP contribution is -2.71. The number of halogens is 1. The number of alkyl halides is 1. The smallest absolute Gasteiger partial charge is 0.246 e. The van der Waals surface area contributed by atoms with Crippen LogP contribution in [0.25, 0.3) is 0 Å². The average molecular weight is 394 g/mol. The van der Waals surface area contributed by atoms with E-state index in [0.717, 1.165) is 58.2 Å². The molecule has 1 aliphatic carbocycles. The van der Waals surface area contributed by atoms with E-state index in [2.05, 4.69) is 34.7 Å². The summed E-state index contributed by atoms with van der Waals surface area (Å²) in [7, 11) is 2.10. The number of hydrazine groups is 1. The predicted octanol–water partition coefficient (Wildman–Crippen LogP) is 1.40. The standard InChI is InChI=1S/C21H36FN5O/c1-3-20(28)27-10-7-16-18(13-27)23-19(12-14-5-4-6-15(22)11-14)24-21(16)17-8-9-26(2)25-17/h3,14-19,21,23-25H,1,4-13H2,2H3. The third-order valence-electron chi connectivity index (χ3n) is 7.31. The summed E-state index contributed by atoms with van der Waals surface area (Å²) < 4.78 is 13.9. The number of carbonyl (C=O) groups is 1. The fourth-order valence-corrected chi connectivity index (χ4v) is 5.90. The minimum Gasteiger partial charge on any atom is -0.338 e. The summed E-state index contributed by atoms with van der Waals surface area (Å²) in [5.74, 6) is 0.965. The molecule has 3 saturated heterocycles. The summed E-state index contributed by atoms with van der Waals surface area (Å²) >= 11 is 0. The van der Waals surface area contributed by atoms with Crippen LogP contribution >= 0.6 is 0 Å².